The molecule has 5 nitrogen and oxygen atoms in total. The number of benzene rings is 1. The Morgan fingerprint density at radius 1 is 1.05 bits per heavy atom. The van der Waals surface area contributed by atoms with Gasteiger partial charge in [-0.2, -0.15) is 0 Å². The fourth-order valence-corrected chi connectivity index (χ4v) is 2.53. The maximum Gasteiger partial charge on any atom is 0.339 e. The zero-order chi connectivity index (χ0) is 15.4. The van der Waals surface area contributed by atoms with Crippen molar-refractivity contribution in [2.45, 2.75) is 47.0 Å². The van der Waals surface area contributed by atoms with Gasteiger partial charge in [-0.3, -0.25) is 4.79 Å². The maximum absolute atomic E-state index is 11.6. The lowest BCUT2D eigenvalue weighted by Gasteiger charge is -2.20. The Kier molecular flexibility index (Phi) is 5.13. The Labute approximate surface area is 118 Å². The lowest BCUT2D eigenvalue weighted by molar-refractivity contribution is -0.131. The normalized spacial score (nSPS) is 10.4. The number of carboxylic acids is 1. The van der Waals surface area contributed by atoms with Crippen LogP contribution in [0.1, 0.15) is 54.7 Å². The first kappa shape index (κ1) is 16.0. The molecule has 0 atom stereocenters. The molecule has 3 N–H and O–H groups in total. The lowest BCUT2D eigenvalue weighted by atomic mass is 9.90. The molecule has 0 fully saturated rings. The van der Waals surface area contributed by atoms with E-state index in [1.807, 2.05) is 20.8 Å². The fraction of sp³-hybridized carbons (Fsp3) is 0.467. The number of ether oxygens (including phenoxy) is 1. The molecule has 0 aliphatic rings. The Morgan fingerprint density at radius 2 is 1.55 bits per heavy atom. The van der Waals surface area contributed by atoms with Gasteiger partial charge in [-0.25, -0.2) is 4.79 Å². The first-order chi connectivity index (χ1) is 9.38. The highest BCUT2D eigenvalue weighted by Gasteiger charge is 2.26. The summed E-state index contributed by atoms with van der Waals surface area (Å²) < 4.78 is 5.15. The number of carboxylic acid groups (broad SMARTS) is 1. The zero-order valence-corrected chi connectivity index (χ0v) is 12.4. The van der Waals surface area contributed by atoms with Crippen LogP contribution < -0.4 is 10.5 Å². The van der Waals surface area contributed by atoms with Crippen molar-refractivity contribution >= 4 is 17.6 Å². The molecule has 0 bridgehead atoms. The van der Waals surface area contributed by atoms with E-state index in [0.29, 0.717) is 36.1 Å². The van der Waals surface area contributed by atoms with E-state index in [1.165, 1.54) is 6.92 Å². The van der Waals surface area contributed by atoms with Gasteiger partial charge in [0.05, 0.1) is 0 Å². The number of anilines is 1. The smallest absolute Gasteiger partial charge is 0.339 e. The Bertz CT molecular complexity index is 550. The van der Waals surface area contributed by atoms with E-state index in [2.05, 4.69) is 0 Å². The molecule has 0 aliphatic carbocycles. The zero-order valence-electron chi connectivity index (χ0n) is 12.4. The number of carbonyl (C=O) groups is 2. The predicted molar refractivity (Wildman–Crippen MR) is 77.3 cm³/mol. The molecule has 20 heavy (non-hydrogen) atoms. The largest absolute Gasteiger partial charge is 0.478 e. The summed E-state index contributed by atoms with van der Waals surface area (Å²) in [5.41, 5.74) is 8.80. The quantitative estimate of drug-likeness (QED) is 0.491. The van der Waals surface area contributed by atoms with E-state index >= 15 is 0 Å². The van der Waals surface area contributed by atoms with E-state index in [4.69, 9.17) is 10.5 Å². The second-order valence-electron chi connectivity index (χ2n) is 4.51. The van der Waals surface area contributed by atoms with Crippen LogP contribution in [0, 0.1) is 0 Å². The molecular weight excluding hydrogens is 258 g/mol. The highest BCUT2D eigenvalue weighted by atomic mass is 16.5. The summed E-state index contributed by atoms with van der Waals surface area (Å²) in [6.07, 6.45) is 1.67. The third-order valence-corrected chi connectivity index (χ3v) is 3.34. The van der Waals surface area contributed by atoms with Crippen LogP contribution in [-0.2, 0) is 24.1 Å². The van der Waals surface area contributed by atoms with Gasteiger partial charge in [-0.05, 0) is 30.4 Å². The van der Waals surface area contributed by atoms with E-state index in [1.54, 1.807) is 0 Å². The van der Waals surface area contributed by atoms with Crippen LogP contribution in [0.2, 0.25) is 0 Å². The van der Waals surface area contributed by atoms with Crippen LogP contribution in [0.15, 0.2) is 0 Å². The minimum absolute atomic E-state index is 0.0607. The predicted octanol–water partition coefficient (Wildman–Crippen LogP) is 2.58. The van der Waals surface area contributed by atoms with Crippen molar-refractivity contribution in [3.8, 4) is 5.75 Å². The van der Waals surface area contributed by atoms with E-state index in [9.17, 15) is 14.7 Å². The molecule has 0 saturated heterocycles. The number of rotatable bonds is 5. The van der Waals surface area contributed by atoms with Gasteiger partial charge in [0.25, 0.3) is 0 Å². The number of nitrogens with two attached hydrogens (primary N) is 1. The van der Waals surface area contributed by atoms with Crippen molar-refractivity contribution in [1.29, 1.82) is 0 Å². The number of carbonyl (C=O) groups excluding carboxylic acids is 1. The summed E-state index contributed by atoms with van der Waals surface area (Å²) in [6.45, 7) is 6.90. The molecule has 5 heteroatoms. The summed E-state index contributed by atoms with van der Waals surface area (Å²) in [6, 6.07) is 0. The first-order valence-corrected chi connectivity index (χ1v) is 6.76. The third kappa shape index (κ3) is 2.76. The molecule has 0 saturated carbocycles. The van der Waals surface area contributed by atoms with Gasteiger partial charge in [0.15, 0.2) is 5.75 Å². The standard InChI is InChI=1S/C15H21NO4/c1-5-9-10(6-2)13(16)11(7-3)14(20-8(4)17)12(9)15(18)19/h5-7,16H2,1-4H3,(H,18,19). The van der Waals surface area contributed by atoms with Crippen LogP contribution in [0.3, 0.4) is 0 Å². The van der Waals surface area contributed by atoms with Crippen LogP contribution in [0.4, 0.5) is 5.69 Å². The molecule has 0 unspecified atom stereocenters. The third-order valence-electron chi connectivity index (χ3n) is 3.34. The summed E-state index contributed by atoms with van der Waals surface area (Å²) >= 11 is 0. The number of esters is 1. The van der Waals surface area contributed by atoms with Gasteiger partial charge in [0, 0.05) is 18.2 Å². The van der Waals surface area contributed by atoms with E-state index in [-0.39, 0.29) is 11.3 Å². The summed E-state index contributed by atoms with van der Waals surface area (Å²) in [7, 11) is 0. The number of hydrogen-bond acceptors (Lipinski definition) is 4. The molecule has 1 aromatic carbocycles. The molecule has 0 heterocycles. The van der Waals surface area contributed by atoms with Gasteiger partial charge in [-0.15, -0.1) is 0 Å². The fourth-order valence-electron chi connectivity index (χ4n) is 2.53. The van der Waals surface area contributed by atoms with Gasteiger partial charge >= 0.3 is 11.9 Å². The molecule has 1 aromatic rings. The first-order valence-electron chi connectivity index (χ1n) is 6.76. The average molecular weight is 279 g/mol. The van der Waals surface area contributed by atoms with Crippen LogP contribution in [-0.4, -0.2) is 17.0 Å². The van der Waals surface area contributed by atoms with Crippen LogP contribution in [0.5, 0.6) is 5.75 Å². The van der Waals surface area contributed by atoms with E-state index < -0.39 is 11.9 Å². The van der Waals surface area contributed by atoms with Crippen molar-refractivity contribution in [2.24, 2.45) is 0 Å². The van der Waals surface area contributed by atoms with Crippen LogP contribution >= 0.6 is 0 Å². The van der Waals surface area contributed by atoms with Gasteiger partial charge < -0.3 is 15.6 Å². The second kappa shape index (κ2) is 6.41. The Morgan fingerprint density at radius 3 is 1.90 bits per heavy atom. The van der Waals surface area contributed by atoms with E-state index in [0.717, 1.165) is 5.56 Å². The highest BCUT2D eigenvalue weighted by molar-refractivity contribution is 5.96. The summed E-state index contributed by atoms with van der Waals surface area (Å²) in [4.78, 5) is 22.9. The molecule has 0 aromatic heterocycles. The molecule has 110 valence electrons. The second-order valence-corrected chi connectivity index (χ2v) is 4.51. The van der Waals surface area contributed by atoms with Crippen molar-refractivity contribution < 1.29 is 19.4 Å². The monoisotopic (exact) mass is 279 g/mol. The minimum Gasteiger partial charge on any atom is -0.478 e. The van der Waals surface area contributed by atoms with Crippen molar-refractivity contribution in [1.82, 2.24) is 0 Å². The maximum atomic E-state index is 11.6. The molecule has 0 spiro atoms. The van der Waals surface area contributed by atoms with Crippen LogP contribution in [0.25, 0.3) is 0 Å². The van der Waals surface area contributed by atoms with Crippen molar-refractivity contribution in [3.63, 3.8) is 0 Å². The summed E-state index contributed by atoms with van der Waals surface area (Å²) in [5, 5.41) is 9.49. The highest BCUT2D eigenvalue weighted by Crippen LogP contribution is 2.37. The SMILES string of the molecule is CCc1c(N)c(CC)c(OC(C)=O)c(C(=O)O)c1CC. The Balaban J connectivity index is 3.82. The van der Waals surface area contributed by atoms with Crippen molar-refractivity contribution in [3.05, 3.63) is 22.3 Å². The topological polar surface area (TPSA) is 89.6 Å². The van der Waals surface area contributed by atoms with Gasteiger partial charge in [0.2, 0.25) is 0 Å². The van der Waals surface area contributed by atoms with Crippen molar-refractivity contribution in [2.75, 3.05) is 5.73 Å². The Hall–Kier alpha value is -2.04. The molecule has 1 rings (SSSR count). The molecule has 0 aliphatic heterocycles. The van der Waals surface area contributed by atoms with Gasteiger partial charge in [-0.1, -0.05) is 20.8 Å². The minimum atomic E-state index is -1.09. The molecule has 0 amide bonds. The summed E-state index contributed by atoms with van der Waals surface area (Å²) in [5.74, 6) is -1.55. The number of nitrogen functional groups attached to an aromatic ring is 1. The lowest BCUT2D eigenvalue weighted by Crippen LogP contribution is -2.16. The van der Waals surface area contributed by atoms with Gasteiger partial charge in [0.1, 0.15) is 5.56 Å². The molecule has 0 radical (unpaired) electrons. The number of aromatic carboxylic acids is 1. The molecular formula is C15H21NO4. The average Bonchev–Trinajstić information content (AvgIpc) is 2.37. The number of hydrogen-bond donors (Lipinski definition) is 2.